The number of aliphatic hydroxyl groups excluding tert-OH is 1. The number of aryl methyl sites for hydroxylation is 1. The number of aliphatic hydroxyl groups is 1. The summed E-state index contributed by atoms with van der Waals surface area (Å²) in [6.07, 6.45) is 3.89. The number of carbonyl (C=O) groups excluding carboxylic acids is 1. The first-order valence-corrected chi connectivity index (χ1v) is 12.9. The Morgan fingerprint density at radius 3 is 2.39 bits per heavy atom. The monoisotopic (exact) mass is 514 g/mol. The lowest BCUT2D eigenvalue weighted by atomic mass is 9.87. The molecule has 0 saturated carbocycles. The second-order valence-corrected chi connectivity index (χ2v) is 10.4. The van der Waals surface area contributed by atoms with E-state index in [1.165, 1.54) is 11.0 Å². The first-order valence-electron chi connectivity index (χ1n) is 12.5. The zero-order valence-corrected chi connectivity index (χ0v) is 22.1. The van der Waals surface area contributed by atoms with Crippen molar-refractivity contribution < 1.29 is 18.7 Å². The van der Waals surface area contributed by atoms with Crippen molar-refractivity contribution in [2.24, 2.45) is 5.92 Å². The summed E-state index contributed by atoms with van der Waals surface area (Å²) < 4.78 is 30.1. The molecule has 4 rings (SSSR count). The summed E-state index contributed by atoms with van der Waals surface area (Å²) in [5.41, 5.74) is 5.91. The van der Waals surface area contributed by atoms with Crippen LogP contribution in [0.4, 0.5) is 20.2 Å². The number of benzene rings is 2. The normalized spacial score (nSPS) is 16.6. The Labute approximate surface area is 216 Å². The van der Waals surface area contributed by atoms with E-state index < -0.39 is 16.7 Å². The SMILES string of the molecule is C=C1C(C)=CN(C(CO)C(C)C)c2cc(CC)c(Cc3cc(N4CCCC4=O)c(F)c(Cl)c3F)cc21. The van der Waals surface area contributed by atoms with E-state index in [9.17, 15) is 14.3 Å². The van der Waals surface area contributed by atoms with E-state index in [0.717, 1.165) is 33.5 Å². The van der Waals surface area contributed by atoms with Crippen LogP contribution in [0.1, 0.15) is 62.8 Å². The van der Waals surface area contributed by atoms with Gasteiger partial charge in [-0.2, -0.15) is 0 Å². The van der Waals surface area contributed by atoms with Crippen LogP contribution >= 0.6 is 11.6 Å². The Hall–Kier alpha value is -2.70. The number of carbonyl (C=O) groups is 1. The molecule has 0 spiro atoms. The number of fused-ring (bicyclic) bond motifs is 1. The molecule has 1 fully saturated rings. The van der Waals surface area contributed by atoms with Crippen molar-refractivity contribution in [2.75, 3.05) is 23.0 Å². The number of rotatable bonds is 7. The molecule has 2 aliphatic rings. The average Bonchev–Trinajstić information content (AvgIpc) is 3.27. The van der Waals surface area contributed by atoms with Gasteiger partial charge in [-0.3, -0.25) is 4.79 Å². The van der Waals surface area contributed by atoms with E-state index in [-0.39, 0.29) is 42.1 Å². The van der Waals surface area contributed by atoms with E-state index in [0.29, 0.717) is 25.8 Å². The smallest absolute Gasteiger partial charge is 0.227 e. The zero-order valence-electron chi connectivity index (χ0n) is 21.3. The quantitative estimate of drug-likeness (QED) is 0.420. The Bertz CT molecular complexity index is 1250. The number of hydrogen-bond donors (Lipinski definition) is 1. The van der Waals surface area contributed by atoms with Crippen LogP contribution in [0.25, 0.3) is 5.57 Å². The van der Waals surface area contributed by atoms with Gasteiger partial charge < -0.3 is 14.9 Å². The second kappa shape index (κ2) is 10.3. The molecule has 0 bridgehead atoms. The molecule has 1 N–H and O–H groups in total. The van der Waals surface area contributed by atoms with Gasteiger partial charge in [-0.05, 0) is 71.7 Å². The zero-order chi connectivity index (χ0) is 26.3. The Morgan fingerprint density at radius 2 is 1.81 bits per heavy atom. The molecule has 7 heteroatoms. The van der Waals surface area contributed by atoms with Crippen molar-refractivity contribution in [3.8, 4) is 0 Å². The average molecular weight is 515 g/mol. The third-order valence-corrected chi connectivity index (χ3v) is 7.70. The van der Waals surface area contributed by atoms with E-state index in [4.69, 9.17) is 11.6 Å². The number of nitrogens with zero attached hydrogens (tertiary/aromatic N) is 2. The summed E-state index contributed by atoms with van der Waals surface area (Å²) in [5, 5.41) is 9.52. The van der Waals surface area contributed by atoms with E-state index >= 15 is 4.39 Å². The van der Waals surface area contributed by atoms with Crippen LogP contribution in [0.5, 0.6) is 0 Å². The maximum atomic E-state index is 15.2. The number of allylic oxidation sites excluding steroid dienone is 2. The van der Waals surface area contributed by atoms with Gasteiger partial charge in [-0.15, -0.1) is 0 Å². The highest BCUT2D eigenvalue weighted by atomic mass is 35.5. The van der Waals surface area contributed by atoms with Gasteiger partial charge in [0.05, 0.1) is 18.3 Å². The van der Waals surface area contributed by atoms with Gasteiger partial charge >= 0.3 is 0 Å². The number of amides is 1. The van der Waals surface area contributed by atoms with Crippen molar-refractivity contribution in [1.29, 1.82) is 0 Å². The van der Waals surface area contributed by atoms with Crippen LogP contribution < -0.4 is 9.80 Å². The van der Waals surface area contributed by atoms with Gasteiger partial charge in [0.15, 0.2) is 5.82 Å². The van der Waals surface area contributed by atoms with Crippen LogP contribution in [0.2, 0.25) is 5.02 Å². The minimum absolute atomic E-state index is 0.00780. The predicted octanol–water partition coefficient (Wildman–Crippen LogP) is 6.65. The van der Waals surface area contributed by atoms with Crippen LogP contribution in [0.15, 0.2) is 36.6 Å². The Kier molecular flexibility index (Phi) is 7.58. The molecule has 2 aromatic carbocycles. The molecule has 2 aromatic rings. The fourth-order valence-electron chi connectivity index (χ4n) is 5.16. The molecule has 1 amide bonds. The molecule has 1 atom stereocenters. The topological polar surface area (TPSA) is 43.8 Å². The lowest BCUT2D eigenvalue weighted by Gasteiger charge is -2.38. The fourth-order valence-corrected chi connectivity index (χ4v) is 5.38. The molecule has 0 aromatic heterocycles. The number of anilines is 2. The molecule has 36 heavy (non-hydrogen) atoms. The summed E-state index contributed by atoms with van der Waals surface area (Å²) >= 11 is 6.07. The molecule has 1 unspecified atom stereocenters. The molecular weight excluding hydrogens is 482 g/mol. The summed E-state index contributed by atoms with van der Waals surface area (Å²) in [7, 11) is 0. The molecular formula is C29H33ClF2N2O2. The van der Waals surface area contributed by atoms with Gasteiger partial charge in [-0.25, -0.2) is 8.78 Å². The van der Waals surface area contributed by atoms with Crippen molar-refractivity contribution in [2.45, 2.75) is 59.4 Å². The van der Waals surface area contributed by atoms with Crippen molar-refractivity contribution >= 4 is 34.5 Å². The molecule has 2 aliphatic heterocycles. The number of hydrogen-bond acceptors (Lipinski definition) is 3. The Balaban J connectivity index is 1.81. The highest BCUT2D eigenvalue weighted by Gasteiger charge is 2.30. The standard InChI is InChI=1S/C29H33ClF2N2O2/c1-6-19-12-23-22(18(5)17(4)14-34(23)25(15-35)16(2)3)11-20(19)10-21-13-24(29(32)27(30)28(21)31)33-9-7-8-26(33)36/h11-14,16,25,35H,5-10,15H2,1-4H3. The summed E-state index contributed by atoms with van der Waals surface area (Å²) in [6, 6.07) is 5.42. The van der Waals surface area contributed by atoms with Crippen LogP contribution in [0.3, 0.4) is 0 Å². The Morgan fingerprint density at radius 1 is 1.11 bits per heavy atom. The highest BCUT2D eigenvalue weighted by molar-refractivity contribution is 6.31. The molecule has 192 valence electrons. The minimum atomic E-state index is -0.900. The molecule has 0 aliphatic carbocycles. The third-order valence-electron chi connectivity index (χ3n) is 7.37. The van der Waals surface area contributed by atoms with E-state index in [1.54, 1.807) is 0 Å². The van der Waals surface area contributed by atoms with Crippen molar-refractivity contribution in [3.63, 3.8) is 0 Å². The predicted molar refractivity (Wildman–Crippen MR) is 143 cm³/mol. The summed E-state index contributed by atoms with van der Waals surface area (Å²) in [6.45, 7) is 12.8. The van der Waals surface area contributed by atoms with Crippen LogP contribution in [-0.2, 0) is 17.6 Å². The number of halogens is 3. The van der Waals surface area contributed by atoms with Crippen LogP contribution in [-0.4, -0.2) is 30.2 Å². The maximum Gasteiger partial charge on any atom is 0.227 e. The maximum absolute atomic E-state index is 15.2. The molecule has 1 saturated heterocycles. The minimum Gasteiger partial charge on any atom is -0.394 e. The lowest BCUT2D eigenvalue weighted by molar-refractivity contribution is -0.117. The molecule has 0 radical (unpaired) electrons. The first-order chi connectivity index (χ1) is 17.1. The largest absolute Gasteiger partial charge is 0.394 e. The van der Waals surface area contributed by atoms with E-state index in [1.807, 2.05) is 26.1 Å². The van der Waals surface area contributed by atoms with Gasteiger partial charge in [0.1, 0.15) is 10.8 Å². The van der Waals surface area contributed by atoms with Crippen LogP contribution in [0, 0.1) is 17.6 Å². The van der Waals surface area contributed by atoms with Crippen molar-refractivity contribution in [3.05, 3.63) is 75.5 Å². The molecule has 2 heterocycles. The molecule has 4 nitrogen and oxygen atoms in total. The first kappa shape index (κ1) is 26.4. The van der Waals surface area contributed by atoms with Gasteiger partial charge in [0.25, 0.3) is 0 Å². The lowest BCUT2D eigenvalue weighted by Crippen LogP contribution is -2.40. The summed E-state index contributed by atoms with van der Waals surface area (Å²) in [4.78, 5) is 15.7. The second-order valence-electron chi connectivity index (χ2n) is 10.0. The van der Waals surface area contributed by atoms with Crippen molar-refractivity contribution in [1.82, 2.24) is 0 Å². The van der Waals surface area contributed by atoms with E-state index in [2.05, 4.69) is 31.4 Å². The van der Waals surface area contributed by atoms with Gasteiger partial charge in [0.2, 0.25) is 5.91 Å². The highest BCUT2D eigenvalue weighted by Crippen LogP contribution is 2.41. The summed E-state index contributed by atoms with van der Waals surface area (Å²) in [5.74, 6) is -1.68. The third kappa shape index (κ3) is 4.57. The fraction of sp³-hybridized carbons (Fsp3) is 0.414. The van der Waals surface area contributed by atoms with Gasteiger partial charge in [-0.1, -0.05) is 39.0 Å². The van der Waals surface area contributed by atoms with Gasteiger partial charge in [0, 0.05) is 36.8 Å².